The van der Waals surface area contributed by atoms with Gasteiger partial charge in [0.15, 0.2) is 0 Å². The van der Waals surface area contributed by atoms with E-state index in [1.165, 1.54) is 0 Å². The maximum atomic E-state index is 8.91. The van der Waals surface area contributed by atoms with E-state index >= 15 is 0 Å². The summed E-state index contributed by atoms with van der Waals surface area (Å²) in [6.07, 6.45) is 0. The molecule has 0 spiro atoms. The van der Waals surface area contributed by atoms with Gasteiger partial charge in [0.25, 0.3) is 0 Å². The van der Waals surface area contributed by atoms with E-state index in [9.17, 15) is 0 Å². The molecule has 0 aliphatic heterocycles. The Hall–Kier alpha value is -2.31. The smallest absolute Gasteiger partial charge is 0.0991 e. The van der Waals surface area contributed by atoms with Crippen LogP contribution in [-0.4, -0.2) is 20.1 Å². The van der Waals surface area contributed by atoms with E-state index in [1.54, 1.807) is 0 Å². The summed E-state index contributed by atoms with van der Waals surface area (Å²) < 4.78 is 0. The molecule has 2 rings (SSSR count). The van der Waals surface area contributed by atoms with Crippen molar-refractivity contribution < 1.29 is 0 Å². The van der Waals surface area contributed by atoms with Gasteiger partial charge in [0.05, 0.1) is 11.6 Å². The predicted octanol–water partition coefficient (Wildman–Crippen LogP) is 2.86. The third-order valence-electron chi connectivity index (χ3n) is 2.91. The van der Waals surface area contributed by atoms with Crippen molar-refractivity contribution in [1.82, 2.24) is 5.32 Å². The van der Waals surface area contributed by atoms with E-state index in [0.29, 0.717) is 5.56 Å². The van der Waals surface area contributed by atoms with Crippen LogP contribution in [0.5, 0.6) is 0 Å². The summed E-state index contributed by atoms with van der Waals surface area (Å²) in [4.78, 5) is 0. The number of anilines is 1. The molecular weight excluding hydrogens is 234 g/mol. The van der Waals surface area contributed by atoms with Crippen molar-refractivity contribution in [3.8, 4) is 17.2 Å². The largest absolute Gasteiger partial charge is 0.384 e. The van der Waals surface area contributed by atoms with Gasteiger partial charge in [-0.1, -0.05) is 24.3 Å². The van der Waals surface area contributed by atoms with Gasteiger partial charge in [0.2, 0.25) is 0 Å². The number of rotatable bonds is 5. The number of nitrogens with zero attached hydrogens (tertiary/aromatic N) is 1. The molecule has 0 heterocycles. The second kappa shape index (κ2) is 6.58. The quantitative estimate of drug-likeness (QED) is 0.803. The van der Waals surface area contributed by atoms with E-state index < -0.39 is 0 Å². The molecule has 0 fully saturated rings. The van der Waals surface area contributed by atoms with Crippen LogP contribution in [0.15, 0.2) is 48.5 Å². The minimum atomic E-state index is 0.689. The molecule has 3 heteroatoms. The molecule has 0 aliphatic rings. The molecule has 0 radical (unpaired) electrons. The number of hydrogen-bond donors (Lipinski definition) is 2. The monoisotopic (exact) mass is 251 g/mol. The van der Waals surface area contributed by atoms with E-state index in [-0.39, 0.29) is 0 Å². The summed E-state index contributed by atoms with van der Waals surface area (Å²) in [5.41, 5.74) is 3.99. The molecule has 0 amide bonds. The first-order chi connectivity index (χ1) is 9.33. The van der Waals surface area contributed by atoms with Crippen LogP contribution in [-0.2, 0) is 0 Å². The maximum absolute atomic E-state index is 8.91. The molecule has 3 nitrogen and oxygen atoms in total. The van der Waals surface area contributed by atoms with Crippen LogP contribution in [0.4, 0.5) is 5.69 Å². The van der Waals surface area contributed by atoms with Gasteiger partial charge in [-0.15, -0.1) is 0 Å². The topological polar surface area (TPSA) is 47.8 Å². The number of likely N-dealkylation sites (N-methyl/N-ethyl adjacent to an activating group) is 1. The van der Waals surface area contributed by atoms with Crippen LogP contribution in [0, 0.1) is 11.3 Å². The average Bonchev–Trinajstić information content (AvgIpc) is 2.48. The molecular formula is C16H17N3. The first-order valence-corrected chi connectivity index (χ1v) is 6.32. The standard InChI is InChI=1S/C16H17N3/c1-18-9-10-19-16-7-5-14(6-8-16)15-4-2-3-13(11-15)12-17/h2-8,11,18-19H,9-10H2,1H3. The van der Waals surface area contributed by atoms with Crippen molar-refractivity contribution in [3.05, 3.63) is 54.1 Å². The Morgan fingerprint density at radius 3 is 2.47 bits per heavy atom. The molecule has 0 aromatic heterocycles. The summed E-state index contributed by atoms with van der Waals surface area (Å²) >= 11 is 0. The van der Waals surface area contributed by atoms with Crippen LogP contribution in [0.25, 0.3) is 11.1 Å². The van der Waals surface area contributed by atoms with Crippen molar-refractivity contribution in [1.29, 1.82) is 5.26 Å². The Labute approximate surface area is 113 Å². The molecule has 2 aromatic carbocycles. The lowest BCUT2D eigenvalue weighted by atomic mass is 10.0. The van der Waals surface area contributed by atoms with Gasteiger partial charge < -0.3 is 10.6 Å². The molecule has 2 aromatic rings. The van der Waals surface area contributed by atoms with Crippen LogP contribution in [0.2, 0.25) is 0 Å². The summed E-state index contributed by atoms with van der Waals surface area (Å²) in [5, 5.41) is 15.3. The van der Waals surface area contributed by atoms with Gasteiger partial charge in [-0.05, 0) is 42.4 Å². The van der Waals surface area contributed by atoms with Gasteiger partial charge in [0, 0.05) is 18.8 Å². The van der Waals surface area contributed by atoms with E-state index in [2.05, 4.69) is 41.0 Å². The van der Waals surface area contributed by atoms with Crippen LogP contribution < -0.4 is 10.6 Å². The lowest BCUT2D eigenvalue weighted by Gasteiger charge is -2.07. The summed E-state index contributed by atoms with van der Waals surface area (Å²) in [6.45, 7) is 1.84. The Balaban J connectivity index is 2.11. The number of nitriles is 1. The van der Waals surface area contributed by atoms with Crippen LogP contribution in [0.1, 0.15) is 5.56 Å². The van der Waals surface area contributed by atoms with Gasteiger partial charge >= 0.3 is 0 Å². The zero-order chi connectivity index (χ0) is 13.5. The van der Waals surface area contributed by atoms with E-state index in [1.807, 2.05) is 31.3 Å². The summed E-state index contributed by atoms with van der Waals surface area (Å²) in [6, 6.07) is 18.1. The van der Waals surface area contributed by atoms with E-state index in [0.717, 1.165) is 29.9 Å². The van der Waals surface area contributed by atoms with Crippen LogP contribution in [0.3, 0.4) is 0 Å². The minimum Gasteiger partial charge on any atom is -0.384 e. The maximum Gasteiger partial charge on any atom is 0.0991 e. The third-order valence-corrected chi connectivity index (χ3v) is 2.91. The Morgan fingerprint density at radius 2 is 1.79 bits per heavy atom. The number of nitrogens with one attached hydrogen (secondary N) is 2. The van der Waals surface area contributed by atoms with Gasteiger partial charge in [-0.25, -0.2) is 0 Å². The fourth-order valence-corrected chi connectivity index (χ4v) is 1.88. The van der Waals surface area contributed by atoms with Gasteiger partial charge in [0.1, 0.15) is 0 Å². The highest BCUT2D eigenvalue weighted by Gasteiger charge is 1.99. The van der Waals surface area contributed by atoms with Crippen molar-refractivity contribution in [3.63, 3.8) is 0 Å². The Kier molecular flexibility index (Phi) is 4.54. The fourth-order valence-electron chi connectivity index (χ4n) is 1.88. The molecule has 0 saturated heterocycles. The average molecular weight is 251 g/mol. The second-order valence-corrected chi connectivity index (χ2v) is 4.30. The highest BCUT2D eigenvalue weighted by molar-refractivity contribution is 5.67. The predicted molar refractivity (Wildman–Crippen MR) is 79.0 cm³/mol. The molecule has 0 atom stereocenters. The fraction of sp³-hybridized carbons (Fsp3) is 0.188. The Morgan fingerprint density at radius 1 is 1.00 bits per heavy atom. The van der Waals surface area contributed by atoms with E-state index in [4.69, 9.17) is 5.26 Å². The van der Waals surface area contributed by atoms with Gasteiger partial charge in [-0.2, -0.15) is 5.26 Å². The first kappa shape index (κ1) is 13.1. The molecule has 96 valence electrons. The lowest BCUT2D eigenvalue weighted by Crippen LogP contribution is -2.17. The van der Waals surface area contributed by atoms with Crippen molar-refractivity contribution >= 4 is 5.69 Å². The lowest BCUT2D eigenvalue weighted by molar-refractivity contribution is 0.824. The zero-order valence-corrected chi connectivity index (χ0v) is 11.0. The second-order valence-electron chi connectivity index (χ2n) is 4.30. The summed E-state index contributed by atoms with van der Waals surface area (Å²) in [5.74, 6) is 0. The summed E-state index contributed by atoms with van der Waals surface area (Å²) in [7, 11) is 1.94. The molecule has 0 saturated carbocycles. The first-order valence-electron chi connectivity index (χ1n) is 6.32. The molecule has 0 unspecified atom stereocenters. The van der Waals surface area contributed by atoms with Crippen LogP contribution >= 0.6 is 0 Å². The van der Waals surface area contributed by atoms with Crippen molar-refractivity contribution in [2.45, 2.75) is 0 Å². The Bertz CT molecular complexity index is 567. The van der Waals surface area contributed by atoms with Crippen molar-refractivity contribution in [2.75, 3.05) is 25.5 Å². The molecule has 0 bridgehead atoms. The highest BCUT2D eigenvalue weighted by atomic mass is 14.9. The third kappa shape index (κ3) is 3.57. The van der Waals surface area contributed by atoms with Crippen molar-refractivity contribution in [2.24, 2.45) is 0 Å². The normalized spacial score (nSPS) is 9.89. The number of benzene rings is 2. The van der Waals surface area contributed by atoms with Gasteiger partial charge in [-0.3, -0.25) is 0 Å². The zero-order valence-electron chi connectivity index (χ0n) is 11.0. The minimum absolute atomic E-state index is 0.689. The highest BCUT2D eigenvalue weighted by Crippen LogP contribution is 2.22. The molecule has 0 aliphatic carbocycles. The number of hydrogen-bond acceptors (Lipinski definition) is 3. The SMILES string of the molecule is CNCCNc1ccc(-c2cccc(C#N)c2)cc1. The molecule has 19 heavy (non-hydrogen) atoms. The molecule has 2 N–H and O–H groups in total.